The zero-order valence-electron chi connectivity index (χ0n) is 11.3. The lowest BCUT2D eigenvalue weighted by molar-refractivity contribution is 0.0686. The number of pyridine rings is 1. The van der Waals surface area contributed by atoms with Gasteiger partial charge in [0.1, 0.15) is 11.4 Å². The topological polar surface area (TPSA) is 115 Å². The molecule has 112 valence electrons. The van der Waals surface area contributed by atoms with Crippen molar-refractivity contribution < 1.29 is 22.7 Å². The minimum atomic E-state index is -3.64. The summed E-state index contributed by atoms with van der Waals surface area (Å²) in [7, 11) is -2.29. The van der Waals surface area contributed by atoms with Crippen LogP contribution in [-0.4, -0.2) is 45.7 Å². The van der Waals surface area contributed by atoms with Crippen LogP contribution in [0.25, 0.3) is 11.4 Å². The van der Waals surface area contributed by atoms with E-state index in [2.05, 4.69) is 15.3 Å². The number of carboxylic acid groups (broad SMARTS) is 1. The third-order valence-corrected chi connectivity index (χ3v) is 3.99. The highest BCUT2D eigenvalue weighted by Gasteiger charge is 2.25. The van der Waals surface area contributed by atoms with Crippen molar-refractivity contribution in [1.82, 2.24) is 20.0 Å². The summed E-state index contributed by atoms with van der Waals surface area (Å²) >= 11 is 0. The summed E-state index contributed by atoms with van der Waals surface area (Å²) in [5.74, 6) is -2.33. The van der Waals surface area contributed by atoms with Gasteiger partial charge in [-0.2, -0.15) is 0 Å². The lowest BCUT2D eigenvalue weighted by atomic mass is 10.2. The lowest BCUT2D eigenvalue weighted by Crippen LogP contribution is -2.09. The van der Waals surface area contributed by atoms with Gasteiger partial charge in [-0.1, -0.05) is 5.21 Å². The van der Waals surface area contributed by atoms with Gasteiger partial charge in [-0.15, -0.1) is 5.10 Å². The first-order valence-electron chi connectivity index (χ1n) is 5.63. The van der Waals surface area contributed by atoms with Crippen LogP contribution in [0.1, 0.15) is 16.2 Å². The van der Waals surface area contributed by atoms with Crippen LogP contribution in [0.15, 0.2) is 11.0 Å². The van der Waals surface area contributed by atoms with Crippen LogP contribution in [0.2, 0.25) is 0 Å². The summed E-state index contributed by atoms with van der Waals surface area (Å²) in [6.07, 6.45) is 0.932. The van der Waals surface area contributed by atoms with Gasteiger partial charge in [-0.05, 0) is 13.0 Å². The van der Waals surface area contributed by atoms with Crippen molar-refractivity contribution in [3.8, 4) is 11.4 Å². The molecule has 0 atom stereocenters. The van der Waals surface area contributed by atoms with Crippen molar-refractivity contribution in [2.24, 2.45) is 7.05 Å². The largest absolute Gasteiger partial charge is 0.476 e. The Labute approximate surface area is 119 Å². The van der Waals surface area contributed by atoms with Gasteiger partial charge in [-0.3, -0.25) is 0 Å². The smallest absolute Gasteiger partial charge is 0.356 e. The summed E-state index contributed by atoms with van der Waals surface area (Å²) in [4.78, 5) is 14.7. The Hall–Kier alpha value is -2.36. The number of hydrogen-bond donors (Lipinski definition) is 1. The molecule has 0 saturated heterocycles. The number of rotatable bonds is 3. The number of aromatic carboxylic acids is 1. The van der Waals surface area contributed by atoms with E-state index >= 15 is 0 Å². The second kappa shape index (κ2) is 4.88. The summed E-state index contributed by atoms with van der Waals surface area (Å²) in [6.45, 7) is 1.39. The molecule has 2 rings (SSSR count). The molecule has 0 bridgehead atoms. The first-order valence-corrected chi connectivity index (χ1v) is 7.52. The summed E-state index contributed by atoms with van der Waals surface area (Å²) in [5, 5.41) is 16.2. The SMILES string of the molecule is Cc1nc(-c2nnn(C)c2C(=O)O)c(F)cc1S(C)(=O)=O. The third kappa shape index (κ3) is 2.61. The van der Waals surface area contributed by atoms with Crippen LogP contribution in [-0.2, 0) is 16.9 Å². The van der Waals surface area contributed by atoms with E-state index in [9.17, 15) is 17.6 Å². The Morgan fingerprint density at radius 1 is 1.38 bits per heavy atom. The van der Waals surface area contributed by atoms with E-state index in [0.29, 0.717) is 0 Å². The van der Waals surface area contributed by atoms with Gasteiger partial charge >= 0.3 is 5.97 Å². The Balaban J connectivity index is 2.73. The van der Waals surface area contributed by atoms with Crippen LogP contribution in [0.4, 0.5) is 4.39 Å². The van der Waals surface area contributed by atoms with E-state index in [1.807, 2.05) is 0 Å². The minimum absolute atomic E-state index is 0.0518. The van der Waals surface area contributed by atoms with Crippen molar-refractivity contribution in [1.29, 1.82) is 0 Å². The van der Waals surface area contributed by atoms with Crippen LogP contribution >= 0.6 is 0 Å². The van der Waals surface area contributed by atoms with E-state index in [1.54, 1.807) is 0 Å². The molecular formula is C11H11FN4O4S. The van der Waals surface area contributed by atoms with Gasteiger partial charge in [0.2, 0.25) is 0 Å². The standard InChI is InChI=1S/C11H11FN4O4S/c1-5-7(21(3,19)20)4-6(12)8(13-5)9-10(11(17)18)16(2)15-14-9/h4H,1-3H3,(H,17,18). The van der Waals surface area contributed by atoms with Crippen LogP contribution in [0.5, 0.6) is 0 Å². The minimum Gasteiger partial charge on any atom is -0.476 e. The van der Waals surface area contributed by atoms with Gasteiger partial charge in [0.15, 0.2) is 21.3 Å². The number of sulfone groups is 1. The van der Waals surface area contributed by atoms with Crippen molar-refractivity contribution >= 4 is 15.8 Å². The number of nitrogens with zero attached hydrogens (tertiary/aromatic N) is 4. The molecule has 0 aliphatic carbocycles. The zero-order chi connectivity index (χ0) is 15.9. The molecule has 0 aliphatic rings. The summed E-state index contributed by atoms with van der Waals surface area (Å²) in [5.41, 5.74) is -0.903. The van der Waals surface area contributed by atoms with Crippen molar-refractivity contribution in [3.63, 3.8) is 0 Å². The molecule has 0 amide bonds. The highest BCUT2D eigenvalue weighted by atomic mass is 32.2. The first-order chi connectivity index (χ1) is 9.62. The molecule has 0 unspecified atom stereocenters. The Morgan fingerprint density at radius 2 is 2.00 bits per heavy atom. The fourth-order valence-electron chi connectivity index (χ4n) is 1.86. The highest BCUT2D eigenvalue weighted by Crippen LogP contribution is 2.25. The third-order valence-electron chi connectivity index (χ3n) is 2.77. The van der Waals surface area contributed by atoms with E-state index in [1.165, 1.54) is 14.0 Å². The first kappa shape index (κ1) is 15.0. The van der Waals surface area contributed by atoms with Crippen LogP contribution < -0.4 is 0 Å². The van der Waals surface area contributed by atoms with E-state index in [0.717, 1.165) is 17.0 Å². The normalized spacial score (nSPS) is 11.6. The van der Waals surface area contributed by atoms with Crippen molar-refractivity contribution in [3.05, 3.63) is 23.3 Å². The zero-order valence-corrected chi connectivity index (χ0v) is 12.1. The Morgan fingerprint density at radius 3 is 2.52 bits per heavy atom. The number of halogens is 1. The van der Waals surface area contributed by atoms with E-state index in [4.69, 9.17) is 5.11 Å². The molecule has 2 heterocycles. The van der Waals surface area contributed by atoms with Gasteiger partial charge in [-0.25, -0.2) is 27.3 Å². The number of aryl methyl sites for hydroxylation is 2. The molecule has 10 heteroatoms. The van der Waals surface area contributed by atoms with Crippen molar-refractivity contribution in [2.75, 3.05) is 6.26 Å². The van der Waals surface area contributed by atoms with Crippen LogP contribution in [0.3, 0.4) is 0 Å². The molecular weight excluding hydrogens is 303 g/mol. The quantitative estimate of drug-likeness (QED) is 0.873. The van der Waals surface area contributed by atoms with Crippen LogP contribution in [0, 0.1) is 12.7 Å². The van der Waals surface area contributed by atoms with Gasteiger partial charge in [0.05, 0.1) is 10.6 Å². The number of hydrogen-bond acceptors (Lipinski definition) is 6. The predicted molar refractivity (Wildman–Crippen MR) is 69.0 cm³/mol. The highest BCUT2D eigenvalue weighted by molar-refractivity contribution is 7.90. The second-order valence-corrected chi connectivity index (χ2v) is 6.37. The van der Waals surface area contributed by atoms with Gasteiger partial charge in [0, 0.05) is 13.3 Å². The summed E-state index contributed by atoms with van der Waals surface area (Å²) in [6, 6.07) is 0.799. The average molecular weight is 314 g/mol. The fourth-order valence-corrected chi connectivity index (χ4v) is 2.76. The molecule has 0 radical (unpaired) electrons. The van der Waals surface area contributed by atoms with Gasteiger partial charge in [0.25, 0.3) is 0 Å². The molecule has 8 nitrogen and oxygen atoms in total. The molecule has 0 spiro atoms. The number of carboxylic acids is 1. The molecule has 0 aromatic carbocycles. The fraction of sp³-hybridized carbons (Fsp3) is 0.273. The molecule has 21 heavy (non-hydrogen) atoms. The molecule has 0 saturated carbocycles. The number of aromatic nitrogens is 4. The number of carbonyl (C=O) groups is 1. The second-order valence-electron chi connectivity index (χ2n) is 4.39. The maximum Gasteiger partial charge on any atom is 0.356 e. The van der Waals surface area contributed by atoms with Gasteiger partial charge < -0.3 is 5.11 Å². The van der Waals surface area contributed by atoms with E-state index in [-0.39, 0.29) is 27.7 Å². The summed E-state index contributed by atoms with van der Waals surface area (Å²) < 4.78 is 38.1. The average Bonchev–Trinajstić information content (AvgIpc) is 2.72. The Kier molecular flexibility index (Phi) is 3.49. The molecule has 0 fully saturated rings. The molecule has 2 aromatic rings. The molecule has 1 N–H and O–H groups in total. The predicted octanol–water partition coefficient (Wildman–Crippen LogP) is 0.426. The maximum absolute atomic E-state index is 14.1. The lowest BCUT2D eigenvalue weighted by Gasteiger charge is -2.07. The maximum atomic E-state index is 14.1. The van der Waals surface area contributed by atoms with E-state index < -0.39 is 21.6 Å². The molecule has 0 aliphatic heterocycles. The van der Waals surface area contributed by atoms with Crippen molar-refractivity contribution in [2.45, 2.75) is 11.8 Å². The molecule has 2 aromatic heterocycles. The Bertz CT molecular complexity index is 844. The monoisotopic (exact) mass is 314 g/mol.